The van der Waals surface area contributed by atoms with Crippen LogP contribution in [-0.4, -0.2) is 30.4 Å². The third-order valence-corrected chi connectivity index (χ3v) is 5.22. The molecular formula is C19H14FN7OS. The number of H-pyrrole nitrogens is 3. The second-order valence-electron chi connectivity index (χ2n) is 6.44. The van der Waals surface area contributed by atoms with Gasteiger partial charge in [0.2, 0.25) is 0 Å². The van der Waals surface area contributed by atoms with E-state index in [1.807, 2.05) is 19.1 Å². The Kier molecular flexibility index (Phi) is 4.06. The number of hydrogen-bond acceptors (Lipinski definition) is 6. The molecule has 0 amide bonds. The second-order valence-corrected chi connectivity index (χ2v) is 7.48. The molecule has 3 heterocycles. The van der Waals surface area contributed by atoms with Crippen LogP contribution in [-0.2, 0) is 0 Å². The summed E-state index contributed by atoms with van der Waals surface area (Å²) in [5.74, 6) is 0.604. The van der Waals surface area contributed by atoms with E-state index >= 15 is 0 Å². The van der Waals surface area contributed by atoms with Crippen LogP contribution in [0.15, 0.2) is 57.3 Å². The molecule has 0 saturated carbocycles. The Balaban J connectivity index is 1.58. The van der Waals surface area contributed by atoms with Crippen molar-refractivity contribution in [3.05, 3.63) is 64.3 Å². The number of aryl methyl sites for hydroxylation is 1. The summed E-state index contributed by atoms with van der Waals surface area (Å²) in [5, 5.41) is 17.0. The number of hydrogen-bond donors (Lipinski definition) is 4. The van der Waals surface area contributed by atoms with Gasteiger partial charge in [-0.3, -0.25) is 20.1 Å². The van der Waals surface area contributed by atoms with Crippen LogP contribution in [0.5, 0.6) is 0 Å². The van der Waals surface area contributed by atoms with Crippen molar-refractivity contribution in [2.45, 2.75) is 17.0 Å². The molecular weight excluding hydrogens is 393 g/mol. The molecule has 0 saturated heterocycles. The van der Waals surface area contributed by atoms with Gasteiger partial charge in [-0.1, -0.05) is 6.07 Å². The van der Waals surface area contributed by atoms with E-state index in [1.54, 1.807) is 24.3 Å². The van der Waals surface area contributed by atoms with Crippen molar-refractivity contribution in [3.63, 3.8) is 0 Å². The zero-order valence-corrected chi connectivity index (χ0v) is 15.9. The van der Waals surface area contributed by atoms with Crippen LogP contribution < -0.4 is 10.9 Å². The summed E-state index contributed by atoms with van der Waals surface area (Å²) in [6.07, 6.45) is 0. The van der Waals surface area contributed by atoms with Gasteiger partial charge in [-0.15, -0.1) is 0 Å². The molecule has 0 fully saturated rings. The second kappa shape index (κ2) is 6.74. The van der Waals surface area contributed by atoms with Crippen molar-refractivity contribution in [2.75, 3.05) is 5.32 Å². The van der Waals surface area contributed by atoms with Gasteiger partial charge in [0.1, 0.15) is 17.2 Å². The molecule has 3 aromatic heterocycles. The number of nitrogens with one attached hydrogen (secondary N) is 4. The molecule has 29 heavy (non-hydrogen) atoms. The van der Waals surface area contributed by atoms with Gasteiger partial charge in [0.25, 0.3) is 5.56 Å². The molecule has 0 aliphatic rings. The lowest BCUT2D eigenvalue weighted by atomic mass is 10.2. The highest BCUT2D eigenvalue weighted by molar-refractivity contribution is 7.99. The first-order valence-corrected chi connectivity index (χ1v) is 9.52. The number of halogens is 1. The molecule has 0 bridgehead atoms. The molecule has 5 aromatic rings. The number of fused-ring (bicyclic) bond motifs is 2. The van der Waals surface area contributed by atoms with Crippen LogP contribution in [0, 0.1) is 12.7 Å². The molecule has 0 unspecified atom stereocenters. The Hall–Kier alpha value is -3.66. The summed E-state index contributed by atoms with van der Waals surface area (Å²) in [7, 11) is 0. The normalized spacial score (nSPS) is 11.4. The first-order valence-electron chi connectivity index (χ1n) is 8.70. The van der Waals surface area contributed by atoms with Crippen LogP contribution in [0.3, 0.4) is 0 Å². The van der Waals surface area contributed by atoms with Crippen molar-refractivity contribution < 1.29 is 4.39 Å². The van der Waals surface area contributed by atoms with E-state index in [-0.39, 0.29) is 11.1 Å². The predicted octanol–water partition coefficient (Wildman–Crippen LogP) is 3.86. The Bertz CT molecular complexity index is 1420. The quantitative estimate of drug-likeness (QED) is 0.336. The molecule has 144 valence electrons. The molecule has 0 aliphatic carbocycles. The molecule has 8 nitrogen and oxygen atoms in total. The Morgan fingerprint density at radius 1 is 1.07 bits per heavy atom. The lowest BCUT2D eigenvalue weighted by Gasteiger charge is -2.09. The Labute approximate surface area is 167 Å². The van der Waals surface area contributed by atoms with Crippen LogP contribution in [0.25, 0.3) is 21.8 Å². The minimum Gasteiger partial charge on any atom is -0.323 e. The van der Waals surface area contributed by atoms with Crippen molar-refractivity contribution in [1.29, 1.82) is 0 Å². The van der Waals surface area contributed by atoms with Gasteiger partial charge in [0, 0.05) is 22.0 Å². The first kappa shape index (κ1) is 17.4. The number of benzene rings is 2. The van der Waals surface area contributed by atoms with E-state index in [0.29, 0.717) is 33.1 Å². The highest BCUT2D eigenvalue weighted by atomic mass is 32.2. The van der Waals surface area contributed by atoms with Gasteiger partial charge in [-0.2, -0.15) is 5.10 Å². The Morgan fingerprint density at radius 2 is 1.97 bits per heavy atom. The number of para-hydroxylation sites is 1. The summed E-state index contributed by atoms with van der Waals surface area (Å²) in [4.78, 5) is 21.4. The van der Waals surface area contributed by atoms with Crippen molar-refractivity contribution in [2.24, 2.45) is 0 Å². The van der Waals surface area contributed by atoms with Crippen LogP contribution in [0.2, 0.25) is 0 Å². The fraction of sp³-hybridized carbons (Fsp3) is 0.0526. The van der Waals surface area contributed by atoms with Gasteiger partial charge in [0.15, 0.2) is 11.0 Å². The first-order chi connectivity index (χ1) is 14.1. The lowest BCUT2D eigenvalue weighted by molar-refractivity contribution is 0.635. The van der Waals surface area contributed by atoms with Crippen molar-refractivity contribution in [3.8, 4) is 0 Å². The van der Waals surface area contributed by atoms with Crippen LogP contribution >= 0.6 is 11.8 Å². The maximum Gasteiger partial charge on any atom is 0.271 e. The minimum atomic E-state index is -0.432. The summed E-state index contributed by atoms with van der Waals surface area (Å²) in [6.45, 7) is 1.89. The van der Waals surface area contributed by atoms with Crippen LogP contribution in [0.1, 0.15) is 5.69 Å². The molecule has 0 aliphatic heterocycles. The maximum absolute atomic E-state index is 14.4. The van der Waals surface area contributed by atoms with E-state index in [1.165, 1.54) is 17.8 Å². The van der Waals surface area contributed by atoms with E-state index in [9.17, 15) is 9.18 Å². The van der Waals surface area contributed by atoms with Crippen LogP contribution in [0.4, 0.5) is 16.0 Å². The highest BCUT2D eigenvalue weighted by Gasteiger charge is 2.14. The van der Waals surface area contributed by atoms with E-state index in [0.717, 1.165) is 10.6 Å². The number of aromatic nitrogens is 6. The number of rotatable bonds is 4. The molecule has 2 aromatic carbocycles. The molecule has 0 atom stereocenters. The largest absolute Gasteiger partial charge is 0.323 e. The maximum atomic E-state index is 14.4. The average Bonchev–Trinajstić information content (AvgIpc) is 3.28. The van der Waals surface area contributed by atoms with Gasteiger partial charge < -0.3 is 5.32 Å². The van der Waals surface area contributed by atoms with Gasteiger partial charge in [-0.25, -0.2) is 14.4 Å². The third kappa shape index (κ3) is 3.23. The molecule has 0 radical (unpaired) electrons. The average molecular weight is 407 g/mol. The molecule has 10 heteroatoms. The SMILES string of the molecule is Cc1cc(Nc2nc(Sc3ccc4c(=O)[nH][nH]c4c3)nc3c(F)cccc23)n[nH]1. The van der Waals surface area contributed by atoms with Crippen molar-refractivity contribution in [1.82, 2.24) is 30.4 Å². The third-order valence-electron chi connectivity index (χ3n) is 4.36. The standard InChI is InChI=1S/C19H14FN7OS/c1-9-7-15(26-24-9)21-17-12-3-2-4-13(20)16(12)22-19(23-17)29-10-5-6-11-14(8-10)25-27-18(11)28/h2-8H,1H3,(H2,25,27,28)(H2,21,22,23,24,26). The number of nitrogens with zero attached hydrogens (tertiary/aromatic N) is 3. The topological polar surface area (TPSA) is 115 Å². The summed E-state index contributed by atoms with van der Waals surface area (Å²) >= 11 is 1.27. The number of aromatic amines is 3. The van der Waals surface area contributed by atoms with Crippen molar-refractivity contribution >= 4 is 45.2 Å². The van der Waals surface area contributed by atoms with E-state index < -0.39 is 5.82 Å². The summed E-state index contributed by atoms with van der Waals surface area (Å²) in [6, 6.07) is 11.9. The highest BCUT2D eigenvalue weighted by Crippen LogP contribution is 2.32. The summed E-state index contributed by atoms with van der Waals surface area (Å²) < 4.78 is 14.4. The van der Waals surface area contributed by atoms with Gasteiger partial charge >= 0.3 is 0 Å². The predicted molar refractivity (Wildman–Crippen MR) is 109 cm³/mol. The molecule has 5 rings (SSSR count). The number of anilines is 2. The monoisotopic (exact) mass is 407 g/mol. The van der Waals surface area contributed by atoms with E-state index in [4.69, 9.17) is 0 Å². The fourth-order valence-corrected chi connectivity index (χ4v) is 3.82. The minimum absolute atomic E-state index is 0.179. The zero-order valence-electron chi connectivity index (χ0n) is 15.1. The molecule has 0 spiro atoms. The smallest absolute Gasteiger partial charge is 0.271 e. The lowest BCUT2D eigenvalue weighted by Crippen LogP contribution is -2.00. The Morgan fingerprint density at radius 3 is 2.79 bits per heavy atom. The van der Waals surface area contributed by atoms with Gasteiger partial charge in [-0.05, 0) is 49.0 Å². The fourth-order valence-electron chi connectivity index (χ4n) is 3.03. The zero-order chi connectivity index (χ0) is 20.0. The summed E-state index contributed by atoms with van der Waals surface area (Å²) in [5.41, 5.74) is 1.61. The molecule has 4 N–H and O–H groups in total. The van der Waals surface area contributed by atoms with E-state index in [2.05, 4.69) is 35.7 Å². The van der Waals surface area contributed by atoms with Gasteiger partial charge in [0.05, 0.1) is 10.9 Å².